The minimum Gasteiger partial charge on any atom is -0.363 e. The molecule has 0 aliphatic carbocycles. The summed E-state index contributed by atoms with van der Waals surface area (Å²) in [6.07, 6.45) is 1.43. The van der Waals surface area contributed by atoms with Crippen molar-refractivity contribution in [2.24, 2.45) is 5.73 Å². The smallest absolute Gasteiger partial charge is 0.242 e. The number of halogens is 1. The first-order chi connectivity index (χ1) is 9.42. The van der Waals surface area contributed by atoms with Crippen LogP contribution in [0.1, 0.15) is 24.2 Å². The average Bonchev–Trinajstić information content (AvgIpc) is 2.88. The summed E-state index contributed by atoms with van der Waals surface area (Å²) >= 11 is 5.81. The molecule has 0 bridgehead atoms. The normalized spacial score (nSPS) is 13.3. The van der Waals surface area contributed by atoms with Gasteiger partial charge in [0, 0.05) is 29.5 Å². The Bertz CT molecular complexity index is 680. The fourth-order valence-corrected chi connectivity index (χ4v) is 3.19. The van der Waals surface area contributed by atoms with Crippen molar-refractivity contribution in [3.05, 3.63) is 52.8 Å². The number of hydrogen-bond acceptors (Lipinski definition) is 3. The summed E-state index contributed by atoms with van der Waals surface area (Å²) in [6, 6.07) is 8.20. The molecule has 0 amide bonds. The van der Waals surface area contributed by atoms with E-state index >= 15 is 0 Å². The van der Waals surface area contributed by atoms with Gasteiger partial charge in [0.1, 0.15) is 0 Å². The molecular weight excluding hydrogens is 298 g/mol. The quantitative estimate of drug-likeness (QED) is 0.790. The van der Waals surface area contributed by atoms with E-state index in [0.717, 1.165) is 5.56 Å². The van der Waals surface area contributed by atoms with Crippen LogP contribution in [0.4, 0.5) is 0 Å². The van der Waals surface area contributed by atoms with Gasteiger partial charge >= 0.3 is 0 Å². The fraction of sp³-hybridized carbons (Fsp3) is 0.231. The Morgan fingerprint density at radius 1 is 1.35 bits per heavy atom. The summed E-state index contributed by atoms with van der Waals surface area (Å²) in [5, 5.41) is 0.613. The highest BCUT2D eigenvalue weighted by Gasteiger charge is 2.19. The zero-order chi connectivity index (χ0) is 14.8. The van der Waals surface area contributed by atoms with Gasteiger partial charge in [0.2, 0.25) is 10.0 Å². The van der Waals surface area contributed by atoms with Gasteiger partial charge in [0.05, 0.1) is 4.90 Å². The Kier molecular flexibility index (Phi) is 4.49. The standard InChI is InChI=1S/C13H16ClN3O2S/c1-9(10-2-4-11(14)5-3-10)17-20(18,19)13-6-12(7-15)16-8-13/h2-6,8-9,16-17H,7,15H2,1H3. The number of rotatable bonds is 5. The summed E-state index contributed by atoms with van der Waals surface area (Å²) in [5.74, 6) is 0. The molecule has 7 heteroatoms. The molecule has 1 aromatic carbocycles. The van der Waals surface area contributed by atoms with Crippen LogP contribution in [0.2, 0.25) is 5.02 Å². The van der Waals surface area contributed by atoms with Crippen LogP contribution in [0.25, 0.3) is 0 Å². The van der Waals surface area contributed by atoms with Crippen molar-refractivity contribution in [2.45, 2.75) is 24.4 Å². The Morgan fingerprint density at radius 2 is 2.00 bits per heavy atom. The monoisotopic (exact) mass is 313 g/mol. The topological polar surface area (TPSA) is 88.0 Å². The van der Waals surface area contributed by atoms with Gasteiger partial charge in [-0.2, -0.15) is 0 Å². The van der Waals surface area contributed by atoms with E-state index in [1.54, 1.807) is 31.2 Å². The lowest BCUT2D eigenvalue weighted by Gasteiger charge is -2.14. The van der Waals surface area contributed by atoms with Crippen LogP contribution in [-0.2, 0) is 16.6 Å². The number of nitrogens with one attached hydrogen (secondary N) is 2. The minimum absolute atomic E-state index is 0.179. The van der Waals surface area contributed by atoms with Crippen LogP contribution < -0.4 is 10.5 Å². The number of sulfonamides is 1. The van der Waals surface area contributed by atoms with Crippen molar-refractivity contribution >= 4 is 21.6 Å². The van der Waals surface area contributed by atoms with E-state index in [2.05, 4.69) is 9.71 Å². The molecule has 0 aliphatic rings. The van der Waals surface area contributed by atoms with Gasteiger partial charge < -0.3 is 10.7 Å². The predicted octanol–water partition coefficient (Wildman–Crippen LogP) is 2.17. The molecule has 0 radical (unpaired) electrons. The average molecular weight is 314 g/mol. The van der Waals surface area contributed by atoms with E-state index in [1.165, 1.54) is 12.3 Å². The molecule has 108 valence electrons. The second-order valence-corrected chi connectivity index (χ2v) is 6.61. The van der Waals surface area contributed by atoms with Gasteiger partial charge in [-0.05, 0) is 30.7 Å². The van der Waals surface area contributed by atoms with Crippen molar-refractivity contribution in [3.63, 3.8) is 0 Å². The largest absolute Gasteiger partial charge is 0.363 e. The van der Waals surface area contributed by atoms with Gasteiger partial charge in [0.25, 0.3) is 0 Å². The van der Waals surface area contributed by atoms with E-state index in [1.807, 2.05) is 0 Å². The van der Waals surface area contributed by atoms with Gasteiger partial charge in [-0.15, -0.1) is 0 Å². The number of H-pyrrole nitrogens is 1. The molecule has 0 fully saturated rings. The first kappa shape index (κ1) is 15.1. The Balaban J connectivity index is 2.17. The first-order valence-corrected chi connectivity index (χ1v) is 7.93. The minimum atomic E-state index is -3.58. The number of hydrogen-bond donors (Lipinski definition) is 3. The molecule has 4 N–H and O–H groups in total. The lowest BCUT2D eigenvalue weighted by Crippen LogP contribution is -2.26. The maximum atomic E-state index is 12.2. The third-order valence-electron chi connectivity index (χ3n) is 2.95. The van der Waals surface area contributed by atoms with E-state index in [-0.39, 0.29) is 17.5 Å². The highest BCUT2D eigenvalue weighted by molar-refractivity contribution is 7.89. The molecule has 1 heterocycles. The highest BCUT2D eigenvalue weighted by Crippen LogP contribution is 2.19. The molecular formula is C13H16ClN3O2S. The van der Waals surface area contributed by atoms with Crippen molar-refractivity contribution in [1.82, 2.24) is 9.71 Å². The molecule has 2 aromatic rings. The summed E-state index contributed by atoms with van der Waals surface area (Å²) in [6.45, 7) is 2.04. The third kappa shape index (κ3) is 3.40. The zero-order valence-electron chi connectivity index (χ0n) is 10.9. The predicted molar refractivity (Wildman–Crippen MR) is 78.9 cm³/mol. The van der Waals surface area contributed by atoms with Crippen molar-refractivity contribution in [1.29, 1.82) is 0 Å². The molecule has 1 aromatic heterocycles. The second kappa shape index (κ2) is 5.97. The molecule has 0 aliphatic heterocycles. The number of aromatic amines is 1. The second-order valence-electron chi connectivity index (χ2n) is 4.46. The molecule has 0 saturated heterocycles. The van der Waals surface area contributed by atoms with Crippen LogP contribution in [0.15, 0.2) is 41.4 Å². The molecule has 1 unspecified atom stereocenters. The maximum Gasteiger partial charge on any atom is 0.242 e. The summed E-state index contributed by atoms with van der Waals surface area (Å²) in [4.78, 5) is 3.00. The SMILES string of the molecule is CC(NS(=O)(=O)c1c[nH]c(CN)c1)c1ccc(Cl)cc1. The Morgan fingerprint density at radius 3 is 2.55 bits per heavy atom. The van der Waals surface area contributed by atoms with Crippen LogP contribution in [0.5, 0.6) is 0 Å². The Labute approximate surface area is 123 Å². The van der Waals surface area contributed by atoms with Gasteiger partial charge in [-0.3, -0.25) is 0 Å². The summed E-state index contributed by atoms with van der Waals surface area (Å²) in [5.41, 5.74) is 6.97. The van der Waals surface area contributed by atoms with Gasteiger partial charge in [0.15, 0.2) is 0 Å². The van der Waals surface area contributed by atoms with E-state index in [4.69, 9.17) is 17.3 Å². The lowest BCUT2D eigenvalue weighted by atomic mass is 10.1. The van der Waals surface area contributed by atoms with E-state index < -0.39 is 10.0 Å². The lowest BCUT2D eigenvalue weighted by molar-refractivity contribution is 0.567. The maximum absolute atomic E-state index is 12.2. The van der Waals surface area contributed by atoms with Crippen LogP contribution in [0.3, 0.4) is 0 Å². The van der Waals surface area contributed by atoms with Crippen molar-refractivity contribution in [3.8, 4) is 0 Å². The molecule has 20 heavy (non-hydrogen) atoms. The molecule has 2 rings (SSSR count). The molecule has 1 atom stereocenters. The summed E-state index contributed by atoms with van der Waals surface area (Å²) in [7, 11) is -3.58. The highest BCUT2D eigenvalue weighted by atomic mass is 35.5. The molecule has 5 nitrogen and oxygen atoms in total. The van der Waals surface area contributed by atoms with Crippen molar-refractivity contribution in [2.75, 3.05) is 0 Å². The summed E-state index contributed by atoms with van der Waals surface area (Å²) < 4.78 is 27.0. The van der Waals surface area contributed by atoms with Crippen LogP contribution in [0, 0.1) is 0 Å². The first-order valence-electron chi connectivity index (χ1n) is 6.07. The number of nitrogens with two attached hydrogens (primary N) is 1. The third-order valence-corrected chi connectivity index (χ3v) is 4.72. The van der Waals surface area contributed by atoms with Crippen LogP contribution in [-0.4, -0.2) is 13.4 Å². The fourth-order valence-electron chi connectivity index (χ4n) is 1.81. The van der Waals surface area contributed by atoms with E-state index in [0.29, 0.717) is 10.7 Å². The Hall–Kier alpha value is -1.34. The van der Waals surface area contributed by atoms with E-state index in [9.17, 15) is 8.42 Å². The zero-order valence-corrected chi connectivity index (χ0v) is 12.5. The number of aromatic nitrogens is 1. The van der Waals surface area contributed by atoms with Crippen molar-refractivity contribution < 1.29 is 8.42 Å². The van der Waals surface area contributed by atoms with Gasteiger partial charge in [-0.25, -0.2) is 13.1 Å². The van der Waals surface area contributed by atoms with Crippen LogP contribution >= 0.6 is 11.6 Å². The van der Waals surface area contributed by atoms with Gasteiger partial charge in [-0.1, -0.05) is 23.7 Å². The molecule has 0 saturated carbocycles. The molecule has 0 spiro atoms. The number of benzene rings is 1.